The number of carbonyl (C=O) groups is 1. The van der Waals surface area contributed by atoms with Gasteiger partial charge in [0.25, 0.3) is 5.56 Å². The van der Waals surface area contributed by atoms with Crippen LogP contribution in [-0.4, -0.2) is 113 Å². The third kappa shape index (κ3) is 6.53. The topological polar surface area (TPSA) is 281 Å². The molecule has 2 aromatic heterocycles. The number of ether oxygens (including phenoxy) is 3. The molecule has 4 rings (SSSR count). The molecule has 0 saturated carbocycles. The Bertz CT molecular complexity index is 1300. The molecule has 2 aromatic rings. The van der Waals surface area contributed by atoms with Crippen LogP contribution in [0.25, 0.3) is 11.0 Å². The number of hydrogen-bond donors (Lipinski definition) is 9. The van der Waals surface area contributed by atoms with Crippen molar-refractivity contribution in [3.63, 3.8) is 0 Å². The molecule has 4 heterocycles. The molecule has 9 atom stereocenters. The summed E-state index contributed by atoms with van der Waals surface area (Å²) < 4.78 is 34.4. The van der Waals surface area contributed by atoms with E-state index >= 15 is 0 Å². The summed E-state index contributed by atoms with van der Waals surface area (Å²) in [5, 5.41) is 43.6. The number of carbonyl (C=O) groups excluding carboxylic acids is 1. The third-order valence-corrected chi connectivity index (χ3v) is 7.25. The lowest BCUT2D eigenvalue weighted by Crippen LogP contribution is -2.64. The normalized spacial score (nSPS) is 32.9. The molecular weight excluding hydrogens is 561 g/mol. The number of nitrogens with zero attached hydrogens (tertiary/aromatic N) is 2. The second kappa shape index (κ2) is 12.2. The maximum Gasteiger partial charge on any atom is 0.469 e. The number of phosphoric acid groups is 1. The Balaban J connectivity index is 1.56. The van der Waals surface area contributed by atoms with Crippen molar-refractivity contribution in [3.05, 3.63) is 22.7 Å². The molecule has 18 nitrogen and oxygen atoms in total. The van der Waals surface area contributed by atoms with Gasteiger partial charge in [-0.25, -0.2) is 9.55 Å². The Labute approximate surface area is 225 Å². The van der Waals surface area contributed by atoms with Gasteiger partial charge in [0.1, 0.15) is 42.5 Å². The number of aliphatic hydroxyl groups is 4. The maximum absolute atomic E-state index is 12.3. The lowest BCUT2D eigenvalue weighted by molar-refractivity contribution is -0.271. The summed E-state index contributed by atoms with van der Waals surface area (Å²) in [4.78, 5) is 48.6. The second-order valence-electron chi connectivity index (χ2n) is 9.54. The molecule has 19 heteroatoms. The van der Waals surface area contributed by atoms with Crippen molar-refractivity contribution in [2.24, 2.45) is 5.92 Å². The van der Waals surface area contributed by atoms with Gasteiger partial charge >= 0.3 is 7.82 Å². The first-order valence-electron chi connectivity index (χ1n) is 12.2. The Morgan fingerprint density at radius 3 is 2.60 bits per heavy atom. The highest BCUT2D eigenvalue weighted by Crippen LogP contribution is 2.42. The van der Waals surface area contributed by atoms with Crippen LogP contribution >= 0.6 is 7.82 Å². The predicted octanol–water partition coefficient (Wildman–Crippen LogP) is -3.36. The number of aliphatic hydroxyl groups excluding tert-OH is 4. The van der Waals surface area contributed by atoms with Gasteiger partial charge in [-0.3, -0.25) is 14.1 Å². The van der Waals surface area contributed by atoms with E-state index in [0.29, 0.717) is 0 Å². The van der Waals surface area contributed by atoms with E-state index in [1.54, 1.807) is 0 Å². The van der Waals surface area contributed by atoms with Gasteiger partial charge in [0, 0.05) is 18.9 Å². The van der Waals surface area contributed by atoms with Gasteiger partial charge in [0.05, 0.1) is 37.8 Å². The second-order valence-corrected chi connectivity index (χ2v) is 10.8. The van der Waals surface area contributed by atoms with Crippen LogP contribution < -0.4 is 16.6 Å². The monoisotopic (exact) mass is 593 g/mol. The number of rotatable bonds is 10. The van der Waals surface area contributed by atoms with E-state index in [1.165, 1.54) is 23.9 Å². The van der Waals surface area contributed by atoms with Crippen molar-refractivity contribution in [1.29, 1.82) is 0 Å². The van der Waals surface area contributed by atoms with Crippen molar-refractivity contribution >= 4 is 30.6 Å². The third-order valence-electron chi connectivity index (χ3n) is 6.76. The number of imidazole rings is 1. The number of aromatic amines is 1. The minimum Gasteiger partial charge on any atom is -0.394 e. The number of nitrogens with one attached hydrogen (secondary N) is 2. The van der Waals surface area contributed by atoms with Gasteiger partial charge in [0.2, 0.25) is 5.91 Å². The van der Waals surface area contributed by atoms with Gasteiger partial charge in [-0.05, 0) is 6.42 Å². The predicted molar refractivity (Wildman–Crippen MR) is 132 cm³/mol. The lowest BCUT2D eigenvalue weighted by atomic mass is 9.95. The van der Waals surface area contributed by atoms with Gasteiger partial charge < -0.3 is 65.0 Å². The quantitative estimate of drug-likeness (QED) is 0.122. The maximum atomic E-state index is 12.3. The van der Waals surface area contributed by atoms with Crippen LogP contribution in [0.4, 0.5) is 5.82 Å². The highest BCUT2D eigenvalue weighted by molar-refractivity contribution is 7.46. The molecule has 2 aliphatic heterocycles. The summed E-state index contributed by atoms with van der Waals surface area (Å²) >= 11 is 0. The fraction of sp³-hybridized carbons (Fsp3) is 0.667. The number of H-pyrrole nitrogens is 1. The Kier molecular flexibility index (Phi) is 9.28. The molecule has 0 aliphatic carbocycles. The van der Waals surface area contributed by atoms with Gasteiger partial charge in [-0.2, -0.15) is 0 Å². The number of amides is 1. The highest BCUT2D eigenvalue weighted by atomic mass is 31.2. The van der Waals surface area contributed by atoms with Crippen LogP contribution in [0.2, 0.25) is 0 Å². The van der Waals surface area contributed by atoms with E-state index in [-0.39, 0.29) is 29.9 Å². The SMILES string of the molecule is CC(=O)N[C@H]1[C@H](OCC[C@@H]2[C@H](O)[C@@H](COP(=O)(O)O)O[C@H]2n2cnc3c(=O)[nH]c(N)cc32)O[C@H](CO)[C@H](O)[C@@H]1O. The number of nitrogen functional groups attached to an aromatic ring is 1. The number of hydrogen-bond acceptors (Lipinski definition) is 13. The van der Waals surface area contributed by atoms with Crippen molar-refractivity contribution in [2.45, 2.75) is 62.4 Å². The average Bonchev–Trinajstić information content (AvgIpc) is 3.42. The summed E-state index contributed by atoms with van der Waals surface area (Å²) in [5.74, 6) is -1.32. The summed E-state index contributed by atoms with van der Waals surface area (Å²) in [5.41, 5.74) is 5.52. The molecule has 2 saturated heterocycles. The van der Waals surface area contributed by atoms with E-state index in [9.17, 15) is 34.6 Å². The van der Waals surface area contributed by atoms with Crippen molar-refractivity contribution in [3.8, 4) is 0 Å². The molecule has 0 spiro atoms. The highest BCUT2D eigenvalue weighted by Gasteiger charge is 2.47. The van der Waals surface area contributed by atoms with Crippen LogP contribution in [0.5, 0.6) is 0 Å². The van der Waals surface area contributed by atoms with E-state index in [1.807, 2.05) is 0 Å². The standard InChI is InChI=1S/C21H32N5O13P/c1-8(28)24-15-18(31)17(30)11(5-27)39-21(15)36-3-2-9-16(29)12(6-37-40(33,34)35)38-20(9)26-7-23-14-10(26)4-13(22)25-19(14)32/h4,7,9,11-12,15-18,20-21,27,29-31H,2-3,5-6H2,1H3,(H,24,28)(H3,22,25,32)(H2,33,34,35)/t9-,11-,12-,15-,16+,17+,18-,20-,21-/m1/s1. The molecule has 0 bridgehead atoms. The molecule has 40 heavy (non-hydrogen) atoms. The molecule has 2 aliphatic rings. The zero-order chi connectivity index (χ0) is 29.4. The summed E-state index contributed by atoms with van der Waals surface area (Å²) in [6, 6.07) is 0.245. The Hall–Kier alpha value is -2.48. The van der Waals surface area contributed by atoms with Gasteiger partial charge in [0.15, 0.2) is 11.8 Å². The Morgan fingerprint density at radius 2 is 1.95 bits per heavy atom. The first-order valence-corrected chi connectivity index (χ1v) is 13.7. The number of fused-ring (bicyclic) bond motifs is 1. The van der Waals surface area contributed by atoms with Crippen LogP contribution in [0.1, 0.15) is 19.6 Å². The van der Waals surface area contributed by atoms with Crippen LogP contribution in [0.3, 0.4) is 0 Å². The molecule has 224 valence electrons. The average molecular weight is 593 g/mol. The fourth-order valence-corrected chi connectivity index (χ4v) is 5.24. The van der Waals surface area contributed by atoms with Crippen molar-refractivity contribution < 1.29 is 58.3 Å². The van der Waals surface area contributed by atoms with E-state index < -0.39 is 87.5 Å². The van der Waals surface area contributed by atoms with Crippen molar-refractivity contribution in [2.75, 3.05) is 25.6 Å². The Morgan fingerprint density at radius 1 is 1.23 bits per heavy atom. The number of phosphoric ester groups is 1. The largest absolute Gasteiger partial charge is 0.469 e. The van der Waals surface area contributed by atoms with Crippen LogP contribution in [0.15, 0.2) is 17.2 Å². The molecule has 1 amide bonds. The zero-order valence-electron chi connectivity index (χ0n) is 21.1. The first-order chi connectivity index (χ1) is 18.8. The summed E-state index contributed by atoms with van der Waals surface area (Å²) in [6.45, 7) is -0.282. The molecule has 0 radical (unpaired) electrons. The summed E-state index contributed by atoms with van der Waals surface area (Å²) in [7, 11) is -4.89. The minimum atomic E-state index is -4.89. The number of pyridine rings is 1. The molecule has 0 aromatic carbocycles. The minimum absolute atomic E-state index is 0.0195. The summed E-state index contributed by atoms with van der Waals surface area (Å²) in [6.07, 6.45) is -7.78. The van der Waals surface area contributed by atoms with Gasteiger partial charge in [-0.1, -0.05) is 0 Å². The van der Waals surface area contributed by atoms with E-state index in [4.69, 9.17) is 29.7 Å². The van der Waals surface area contributed by atoms with Gasteiger partial charge in [-0.15, -0.1) is 0 Å². The zero-order valence-corrected chi connectivity index (χ0v) is 22.0. The molecular formula is C21H32N5O13P. The van der Waals surface area contributed by atoms with E-state index in [0.717, 1.165) is 0 Å². The van der Waals surface area contributed by atoms with E-state index in [2.05, 4.69) is 19.8 Å². The lowest BCUT2D eigenvalue weighted by Gasteiger charge is -2.42. The van der Waals surface area contributed by atoms with Crippen molar-refractivity contribution in [1.82, 2.24) is 19.9 Å². The number of anilines is 1. The van der Waals surface area contributed by atoms with Crippen LogP contribution in [-0.2, 0) is 28.1 Å². The first kappa shape index (κ1) is 30.5. The number of nitrogens with two attached hydrogens (primary N) is 1. The fourth-order valence-electron chi connectivity index (χ4n) is 4.90. The number of aromatic nitrogens is 3. The molecule has 0 unspecified atom stereocenters. The smallest absolute Gasteiger partial charge is 0.394 e. The molecule has 10 N–H and O–H groups in total. The van der Waals surface area contributed by atoms with Crippen LogP contribution in [0, 0.1) is 5.92 Å². The molecule has 2 fully saturated rings.